The van der Waals surface area contributed by atoms with Crippen LogP contribution in [0.5, 0.6) is 0 Å². The molecule has 0 spiro atoms. The summed E-state index contributed by atoms with van der Waals surface area (Å²) >= 11 is 0. The van der Waals surface area contributed by atoms with Crippen LogP contribution in [0.4, 0.5) is 0 Å². The van der Waals surface area contributed by atoms with E-state index in [9.17, 15) is 0 Å². The van der Waals surface area contributed by atoms with Crippen LogP contribution in [0.1, 0.15) is 23.9 Å². The molecule has 0 aromatic carbocycles. The van der Waals surface area contributed by atoms with Gasteiger partial charge >= 0.3 is 0 Å². The Balaban J connectivity index is 2.03. The summed E-state index contributed by atoms with van der Waals surface area (Å²) in [4.78, 5) is 0. The lowest BCUT2D eigenvalue weighted by Crippen LogP contribution is -2.32. The smallest absolute Gasteiger partial charge is 0.193 e. The van der Waals surface area contributed by atoms with Crippen molar-refractivity contribution in [2.45, 2.75) is 32.9 Å². The van der Waals surface area contributed by atoms with Gasteiger partial charge in [-0.25, -0.2) is 0 Å². The average molecular weight is 219 g/mol. The van der Waals surface area contributed by atoms with E-state index in [4.69, 9.17) is 9.05 Å². The Hall–Kier alpha value is -1.62. The largest absolute Gasteiger partial charge is 0.361 e. The Bertz CT molecular complexity index is 515. The van der Waals surface area contributed by atoms with Crippen molar-refractivity contribution in [1.29, 1.82) is 0 Å². The van der Waals surface area contributed by atoms with Crippen LogP contribution in [0.3, 0.4) is 0 Å². The van der Waals surface area contributed by atoms with E-state index >= 15 is 0 Å². The topological polar surface area (TPSA) is 64.1 Å². The van der Waals surface area contributed by atoms with Crippen molar-refractivity contribution in [3.05, 3.63) is 23.1 Å². The second-order valence-electron chi connectivity index (χ2n) is 4.25. The minimum atomic E-state index is 0.449. The van der Waals surface area contributed by atoms with Gasteiger partial charge in [0.2, 0.25) is 0 Å². The Kier molecular flexibility index (Phi) is 2.07. The second kappa shape index (κ2) is 3.45. The Labute approximate surface area is 92.8 Å². The van der Waals surface area contributed by atoms with E-state index < -0.39 is 0 Å². The third-order valence-corrected chi connectivity index (χ3v) is 2.86. The van der Waals surface area contributed by atoms with Gasteiger partial charge in [0.15, 0.2) is 11.5 Å². The first-order valence-electron chi connectivity index (χ1n) is 5.38. The third kappa shape index (κ3) is 1.44. The summed E-state index contributed by atoms with van der Waals surface area (Å²) in [6.07, 6.45) is 0.898. The van der Waals surface area contributed by atoms with Crippen LogP contribution in [0.15, 0.2) is 15.1 Å². The summed E-state index contributed by atoms with van der Waals surface area (Å²) in [6, 6.07) is 2.31. The van der Waals surface area contributed by atoms with Crippen LogP contribution >= 0.6 is 0 Å². The van der Waals surface area contributed by atoms with Gasteiger partial charge in [0, 0.05) is 30.6 Å². The molecule has 0 radical (unpaired) electrons. The van der Waals surface area contributed by atoms with Crippen LogP contribution in [0.25, 0.3) is 11.5 Å². The average Bonchev–Trinajstić information content (AvgIpc) is 2.83. The van der Waals surface area contributed by atoms with Crippen molar-refractivity contribution in [1.82, 2.24) is 15.6 Å². The molecule has 1 aliphatic rings. The highest BCUT2D eigenvalue weighted by Gasteiger charge is 2.24. The molecule has 0 bridgehead atoms. The van der Waals surface area contributed by atoms with E-state index in [1.54, 1.807) is 0 Å². The molecule has 3 rings (SSSR count). The van der Waals surface area contributed by atoms with Gasteiger partial charge in [-0.05, 0) is 13.8 Å². The summed E-state index contributed by atoms with van der Waals surface area (Å²) < 4.78 is 10.4. The van der Waals surface area contributed by atoms with E-state index in [2.05, 4.69) is 22.6 Å². The lowest BCUT2D eigenvalue weighted by molar-refractivity contribution is 0.389. The van der Waals surface area contributed by atoms with Crippen molar-refractivity contribution < 1.29 is 9.05 Å². The van der Waals surface area contributed by atoms with E-state index in [1.807, 2.05) is 13.0 Å². The normalized spacial score (nSPS) is 19.8. The van der Waals surface area contributed by atoms with Gasteiger partial charge in [-0.2, -0.15) is 0 Å². The van der Waals surface area contributed by atoms with Crippen LogP contribution in [0, 0.1) is 6.92 Å². The van der Waals surface area contributed by atoms with Crippen molar-refractivity contribution in [2.24, 2.45) is 0 Å². The molecular formula is C11H13N3O2. The Morgan fingerprint density at radius 2 is 2.25 bits per heavy atom. The first-order chi connectivity index (χ1) is 7.74. The number of nitrogens with one attached hydrogen (secondary N) is 1. The van der Waals surface area contributed by atoms with Crippen molar-refractivity contribution >= 4 is 0 Å². The highest BCUT2D eigenvalue weighted by molar-refractivity contribution is 5.58. The van der Waals surface area contributed by atoms with Gasteiger partial charge in [0.25, 0.3) is 0 Å². The minimum absolute atomic E-state index is 0.449. The predicted molar refractivity (Wildman–Crippen MR) is 56.7 cm³/mol. The van der Waals surface area contributed by atoms with Gasteiger partial charge in [-0.1, -0.05) is 10.3 Å². The number of aromatic nitrogens is 2. The second-order valence-corrected chi connectivity index (χ2v) is 4.25. The molecular weight excluding hydrogens is 206 g/mol. The molecule has 1 N–H and O–H groups in total. The zero-order valence-corrected chi connectivity index (χ0v) is 9.28. The van der Waals surface area contributed by atoms with E-state index in [1.165, 1.54) is 0 Å². The molecule has 2 aromatic heterocycles. The molecule has 1 unspecified atom stereocenters. The van der Waals surface area contributed by atoms with Crippen LogP contribution in [0.2, 0.25) is 0 Å². The van der Waals surface area contributed by atoms with Crippen molar-refractivity contribution in [3.8, 4) is 11.5 Å². The fourth-order valence-corrected chi connectivity index (χ4v) is 2.00. The summed E-state index contributed by atoms with van der Waals surface area (Å²) in [7, 11) is 0. The first kappa shape index (κ1) is 9.59. The minimum Gasteiger partial charge on any atom is -0.361 e. The molecule has 84 valence electrons. The molecule has 5 heteroatoms. The number of fused-ring (bicyclic) bond motifs is 1. The number of hydrogen-bond donors (Lipinski definition) is 1. The maximum atomic E-state index is 5.35. The first-order valence-corrected chi connectivity index (χ1v) is 5.38. The van der Waals surface area contributed by atoms with Crippen LogP contribution in [-0.4, -0.2) is 16.4 Å². The van der Waals surface area contributed by atoms with Gasteiger partial charge in [-0.3, -0.25) is 0 Å². The quantitative estimate of drug-likeness (QED) is 0.790. The van der Waals surface area contributed by atoms with Crippen molar-refractivity contribution in [2.75, 3.05) is 0 Å². The monoisotopic (exact) mass is 219 g/mol. The van der Waals surface area contributed by atoms with Crippen molar-refractivity contribution in [3.63, 3.8) is 0 Å². The predicted octanol–water partition coefficient (Wildman–Crippen LogP) is 1.67. The molecule has 0 saturated carbocycles. The maximum absolute atomic E-state index is 5.35. The zero-order valence-electron chi connectivity index (χ0n) is 9.28. The highest BCUT2D eigenvalue weighted by atomic mass is 16.5. The number of aryl methyl sites for hydroxylation is 1. The highest BCUT2D eigenvalue weighted by Crippen LogP contribution is 2.28. The molecule has 3 heterocycles. The van der Waals surface area contributed by atoms with Gasteiger partial charge in [0.05, 0.1) is 5.69 Å². The lowest BCUT2D eigenvalue weighted by Gasteiger charge is -2.18. The van der Waals surface area contributed by atoms with Gasteiger partial charge < -0.3 is 14.4 Å². The number of nitrogens with zero attached hydrogens (tertiary/aromatic N) is 2. The van der Waals surface area contributed by atoms with Gasteiger partial charge in [0.1, 0.15) is 5.76 Å². The molecule has 16 heavy (non-hydrogen) atoms. The van der Waals surface area contributed by atoms with Gasteiger partial charge in [-0.15, -0.1) is 0 Å². The zero-order chi connectivity index (χ0) is 11.1. The fourth-order valence-electron chi connectivity index (χ4n) is 2.00. The summed E-state index contributed by atoms with van der Waals surface area (Å²) in [5.41, 5.74) is 2.86. The number of hydrogen-bond acceptors (Lipinski definition) is 5. The molecule has 0 fully saturated rings. The SMILES string of the molecule is Cc1cc(-c2onc3c2CNC(C)C3)no1. The molecule has 2 aromatic rings. The van der Waals surface area contributed by atoms with E-state index in [0.717, 1.165) is 41.4 Å². The molecule has 1 aliphatic heterocycles. The summed E-state index contributed by atoms with van der Waals surface area (Å²) in [5.74, 6) is 1.50. The third-order valence-electron chi connectivity index (χ3n) is 2.86. The number of rotatable bonds is 1. The molecule has 0 amide bonds. The van der Waals surface area contributed by atoms with E-state index in [-0.39, 0.29) is 0 Å². The lowest BCUT2D eigenvalue weighted by atomic mass is 10.0. The van der Waals surface area contributed by atoms with E-state index in [0.29, 0.717) is 6.04 Å². The Morgan fingerprint density at radius 1 is 1.38 bits per heavy atom. The van der Waals surface area contributed by atoms with Crippen LogP contribution in [-0.2, 0) is 13.0 Å². The summed E-state index contributed by atoms with van der Waals surface area (Å²) in [6.45, 7) is 4.78. The fraction of sp³-hybridized carbons (Fsp3) is 0.455. The molecule has 0 saturated heterocycles. The molecule has 0 aliphatic carbocycles. The maximum Gasteiger partial charge on any atom is 0.193 e. The Morgan fingerprint density at radius 3 is 3.00 bits per heavy atom. The molecule has 5 nitrogen and oxygen atoms in total. The standard InChI is InChI=1S/C11H13N3O2/c1-6-3-9-8(5-12-6)11(16-13-9)10-4-7(2)15-14-10/h4,6,12H,3,5H2,1-2H3. The van der Waals surface area contributed by atoms with Crippen LogP contribution < -0.4 is 5.32 Å². The molecule has 1 atom stereocenters. The summed E-state index contributed by atoms with van der Waals surface area (Å²) in [5, 5.41) is 11.4.